The summed E-state index contributed by atoms with van der Waals surface area (Å²) in [4.78, 5) is 12.3. The number of benzene rings is 3. The first-order valence-corrected chi connectivity index (χ1v) is 7.51. The minimum atomic E-state index is -0.976. The van der Waals surface area contributed by atoms with Crippen LogP contribution in [0.15, 0.2) is 72.8 Å². The van der Waals surface area contributed by atoms with Crippen LogP contribution in [0.1, 0.15) is 23.1 Å². The molecule has 0 bridgehead atoms. The van der Waals surface area contributed by atoms with E-state index in [2.05, 4.69) is 0 Å². The lowest BCUT2D eigenvalue weighted by atomic mass is 9.87. The summed E-state index contributed by atoms with van der Waals surface area (Å²) in [6, 6.07) is 22.8. The first-order valence-electron chi connectivity index (χ1n) is 7.51. The summed E-state index contributed by atoms with van der Waals surface area (Å²) in [6.45, 7) is 0. The molecule has 23 heavy (non-hydrogen) atoms. The van der Waals surface area contributed by atoms with E-state index in [1.54, 1.807) is 0 Å². The number of hydrogen-bond donors (Lipinski definition) is 1. The van der Waals surface area contributed by atoms with Gasteiger partial charge in [-0.2, -0.15) is 0 Å². The predicted molar refractivity (Wildman–Crippen MR) is 90.1 cm³/mol. The second-order valence-electron chi connectivity index (χ2n) is 5.42. The fourth-order valence-electron chi connectivity index (χ4n) is 2.92. The number of rotatable bonds is 4. The largest absolute Gasteiger partial charge is 0.468 e. The van der Waals surface area contributed by atoms with Crippen molar-refractivity contribution in [1.29, 1.82) is 0 Å². The number of aliphatic hydroxyl groups is 1. The molecule has 0 aromatic heterocycles. The van der Waals surface area contributed by atoms with E-state index in [0.29, 0.717) is 0 Å². The van der Waals surface area contributed by atoms with Crippen LogP contribution in [0.5, 0.6) is 0 Å². The van der Waals surface area contributed by atoms with Crippen LogP contribution >= 0.6 is 0 Å². The van der Waals surface area contributed by atoms with Crippen molar-refractivity contribution in [2.45, 2.75) is 12.0 Å². The molecular weight excluding hydrogens is 288 g/mol. The monoisotopic (exact) mass is 306 g/mol. The first kappa shape index (κ1) is 15.3. The standard InChI is InChI=1S/C20H18O3/c1-23-20(22)18(15-9-3-2-4-10-15)19(21)17-13-7-11-14-8-5-6-12-16(14)17/h2-13,18-19,21H,1H3/t18-,19-/m0/s1. The highest BCUT2D eigenvalue weighted by Gasteiger charge is 2.31. The Hall–Kier alpha value is -2.65. The van der Waals surface area contributed by atoms with Gasteiger partial charge in [0.05, 0.1) is 13.2 Å². The van der Waals surface area contributed by atoms with E-state index in [-0.39, 0.29) is 0 Å². The summed E-state index contributed by atoms with van der Waals surface area (Å²) in [7, 11) is 1.34. The Morgan fingerprint density at radius 3 is 2.30 bits per heavy atom. The number of carbonyl (C=O) groups is 1. The van der Waals surface area contributed by atoms with E-state index < -0.39 is 18.0 Å². The Morgan fingerprint density at radius 2 is 1.57 bits per heavy atom. The zero-order chi connectivity index (χ0) is 16.2. The van der Waals surface area contributed by atoms with E-state index in [0.717, 1.165) is 21.9 Å². The maximum atomic E-state index is 12.3. The van der Waals surface area contributed by atoms with Crippen molar-refractivity contribution in [1.82, 2.24) is 0 Å². The number of fused-ring (bicyclic) bond motifs is 1. The van der Waals surface area contributed by atoms with Crippen LogP contribution in [-0.2, 0) is 9.53 Å². The second kappa shape index (κ2) is 6.63. The summed E-state index contributed by atoms with van der Waals surface area (Å²) in [6.07, 6.45) is -0.976. The minimum Gasteiger partial charge on any atom is -0.468 e. The third-order valence-electron chi connectivity index (χ3n) is 4.07. The minimum absolute atomic E-state index is 0.448. The highest BCUT2D eigenvalue weighted by atomic mass is 16.5. The molecule has 0 heterocycles. The summed E-state index contributed by atoms with van der Waals surface area (Å²) >= 11 is 0. The maximum absolute atomic E-state index is 12.3. The van der Waals surface area contributed by atoms with E-state index in [9.17, 15) is 9.90 Å². The summed E-state index contributed by atoms with van der Waals surface area (Å²) in [5.74, 6) is -1.20. The van der Waals surface area contributed by atoms with Crippen molar-refractivity contribution in [3.63, 3.8) is 0 Å². The third kappa shape index (κ3) is 2.96. The van der Waals surface area contributed by atoms with Crippen LogP contribution in [0, 0.1) is 0 Å². The molecule has 0 aliphatic rings. The molecule has 3 aromatic carbocycles. The Labute approximate surface area is 135 Å². The molecule has 0 amide bonds. The maximum Gasteiger partial charge on any atom is 0.316 e. The molecule has 0 saturated carbocycles. The van der Waals surface area contributed by atoms with E-state index in [1.165, 1.54) is 7.11 Å². The molecule has 0 radical (unpaired) electrons. The Bertz CT molecular complexity index is 806. The normalized spacial score (nSPS) is 13.5. The molecule has 0 saturated heterocycles. The van der Waals surface area contributed by atoms with Gasteiger partial charge in [0.25, 0.3) is 0 Å². The van der Waals surface area contributed by atoms with E-state index in [1.807, 2.05) is 72.8 Å². The molecule has 3 aromatic rings. The van der Waals surface area contributed by atoms with Crippen molar-refractivity contribution in [2.75, 3.05) is 7.11 Å². The van der Waals surface area contributed by atoms with Gasteiger partial charge in [-0.15, -0.1) is 0 Å². The van der Waals surface area contributed by atoms with Gasteiger partial charge in [0.1, 0.15) is 5.92 Å². The lowest BCUT2D eigenvalue weighted by Crippen LogP contribution is -2.22. The molecule has 0 aliphatic carbocycles. The van der Waals surface area contributed by atoms with Crippen molar-refractivity contribution in [3.8, 4) is 0 Å². The summed E-state index contributed by atoms with van der Waals surface area (Å²) in [5, 5.41) is 12.9. The molecule has 0 unspecified atom stereocenters. The van der Waals surface area contributed by atoms with Gasteiger partial charge >= 0.3 is 5.97 Å². The van der Waals surface area contributed by atoms with Gasteiger partial charge in [-0.3, -0.25) is 4.79 Å². The summed E-state index contributed by atoms with van der Waals surface area (Å²) < 4.78 is 4.92. The number of aliphatic hydroxyl groups excluding tert-OH is 1. The fraction of sp³-hybridized carbons (Fsp3) is 0.150. The van der Waals surface area contributed by atoms with Crippen LogP contribution < -0.4 is 0 Å². The molecule has 3 heteroatoms. The summed E-state index contributed by atoms with van der Waals surface area (Å²) in [5.41, 5.74) is 1.46. The van der Waals surface area contributed by atoms with Crippen LogP contribution in [0.2, 0.25) is 0 Å². The van der Waals surface area contributed by atoms with Gasteiger partial charge in [-0.05, 0) is 21.9 Å². The molecule has 3 nitrogen and oxygen atoms in total. The third-order valence-corrected chi connectivity index (χ3v) is 4.07. The first-order chi connectivity index (χ1) is 11.2. The van der Waals surface area contributed by atoms with Crippen molar-refractivity contribution in [2.24, 2.45) is 0 Å². The molecule has 3 rings (SSSR count). The molecule has 0 aliphatic heterocycles. The van der Waals surface area contributed by atoms with Crippen molar-refractivity contribution >= 4 is 16.7 Å². The van der Waals surface area contributed by atoms with Gasteiger partial charge in [0.2, 0.25) is 0 Å². The Morgan fingerprint density at radius 1 is 0.913 bits per heavy atom. The van der Waals surface area contributed by atoms with E-state index in [4.69, 9.17) is 4.74 Å². The van der Waals surface area contributed by atoms with Crippen molar-refractivity contribution < 1.29 is 14.6 Å². The van der Waals surface area contributed by atoms with Crippen LogP contribution in [0.25, 0.3) is 10.8 Å². The van der Waals surface area contributed by atoms with Crippen LogP contribution in [-0.4, -0.2) is 18.2 Å². The number of methoxy groups -OCH3 is 1. The molecule has 0 fully saturated rings. The fourth-order valence-corrected chi connectivity index (χ4v) is 2.92. The molecular formula is C20H18O3. The average molecular weight is 306 g/mol. The lowest BCUT2D eigenvalue weighted by Gasteiger charge is -2.22. The molecule has 0 spiro atoms. The molecule has 1 N–H and O–H groups in total. The Kier molecular flexibility index (Phi) is 4.40. The van der Waals surface area contributed by atoms with Gasteiger partial charge in [-0.25, -0.2) is 0 Å². The topological polar surface area (TPSA) is 46.5 Å². The van der Waals surface area contributed by atoms with Crippen LogP contribution in [0.3, 0.4) is 0 Å². The predicted octanol–water partition coefficient (Wildman–Crippen LogP) is 3.83. The highest BCUT2D eigenvalue weighted by molar-refractivity contribution is 5.87. The SMILES string of the molecule is COC(=O)[C@@H](c1ccccc1)[C@@H](O)c1cccc2ccccc12. The van der Waals surface area contributed by atoms with Crippen LogP contribution in [0.4, 0.5) is 0 Å². The lowest BCUT2D eigenvalue weighted by molar-refractivity contribution is -0.145. The van der Waals surface area contributed by atoms with Gasteiger partial charge in [0.15, 0.2) is 0 Å². The highest BCUT2D eigenvalue weighted by Crippen LogP contribution is 2.35. The number of carbonyl (C=O) groups excluding carboxylic acids is 1. The number of esters is 1. The molecule has 2 atom stereocenters. The average Bonchev–Trinajstić information content (AvgIpc) is 2.62. The van der Waals surface area contributed by atoms with Crippen molar-refractivity contribution in [3.05, 3.63) is 83.9 Å². The molecule has 116 valence electrons. The van der Waals surface area contributed by atoms with E-state index >= 15 is 0 Å². The zero-order valence-electron chi connectivity index (χ0n) is 12.8. The number of ether oxygens (including phenoxy) is 1. The Balaban J connectivity index is 2.10. The smallest absolute Gasteiger partial charge is 0.316 e. The van der Waals surface area contributed by atoms with Gasteiger partial charge in [-0.1, -0.05) is 72.8 Å². The number of hydrogen-bond acceptors (Lipinski definition) is 3. The second-order valence-corrected chi connectivity index (χ2v) is 5.42. The quantitative estimate of drug-likeness (QED) is 0.745. The zero-order valence-corrected chi connectivity index (χ0v) is 12.8. The van der Waals surface area contributed by atoms with Gasteiger partial charge in [0, 0.05) is 0 Å². The van der Waals surface area contributed by atoms with Gasteiger partial charge < -0.3 is 9.84 Å².